The fourth-order valence-corrected chi connectivity index (χ4v) is 3.77. The first-order valence-electron chi connectivity index (χ1n) is 9.57. The molecule has 0 radical (unpaired) electrons. The molecule has 160 valence electrons. The number of hydrogen-bond acceptors (Lipinski definition) is 5. The SMILES string of the molecule is COCc1ccc(C(=O)N2CCC(c3cc(C(F)(F)F)n4nc(C)cc4n3)CC2)o1. The Morgan fingerprint density at radius 1 is 1.27 bits per heavy atom. The van der Waals surface area contributed by atoms with Crippen LogP contribution in [-0.4, -0.2) is 45.6 Å². The molecule has 0 spiro atoms. The molecule has 30 heavy (non-hydrogen) atoms. The predicted octanol–water partition coefficient (Wildman–Crippen LogP) is 3.82. The van der Waals surface area contributed by atoms with Crippen LogP contribution in [0.5, 0.6) is 0 Å². The van der Waals surface area contributed by atoms with Crippen molar-refractivity contribution in [3.8, 4) is 0 Å². The second-order valence-electron chi connectivity index (χ2n) is 7.39. The Morgan fingerprint density at radius 3 is 2.67 bits per heavy atom. The van der Waals surface area contributed by atoms with Crippen LogP contribution in [0.25, 0.3) is 5.65 Å². The number of methoxy groups -OCH3 is 1. The number of amides is 1. The fraction of sp³-hybridized carbons (Fsp3) is 0.450. The van der Waals surface area contributed by atoms with Crippen LogP contribution in [0.2, 0.25) is 0 Å². The molecule has 1 fully saturated rings. The van der Waals surface area contributed by atoms with Gasteiger partial charge in [0.1, 0.15) is 18.1 Å². The van der Waals surface area contributed by atoms with E-state index in [0.717, 1.165) is 10.6 Å². The highest BCUT2D eigenvalue weighted by Crippen LogP contribution is 2.34. The van der Waals surface area contributed by atoms with Crippen molar-refractivity contribution in [2.45, 2.75) is 38.5 Å². The van der Waals surface area contributed by atoms with E-state index in [9.17, 15) is 18.0 Å². The number of furan rings is 1. The molecule has 0 bridgehead atoms. The first kappa shape index (κ1) is 20.4. The van der Waals surface area contributed by atoms with Gasteiger partial charge in [0.15, 0.2) is 11.4 Å². The molecule has 0 N–H and O–H groups in total. The van der Waals surface area contributed by atoms with E-state index in [1.807, 2.05) is 0 Å². The van der Waals surface area contributed by atoms with Gasteiger partial charge in [-0.1, -0.05) is 0 Å². The van der Waals surface area contributed by atoms with E-state index in [0.29, 0.717) is 43.1 Å². The molecule has 1 aliphatic rings. The van der Waals surface area contributed by atoms with E-state index in [1.54, 1.807) is 24.0 Å². The third-order valence-corrected chi connectivity index (χ3v) is 5.22. The van der Waals surface area contributed by atoms with Crippen molar-refractivity contribution in [1.82, 2.24) is 19.5 Å². The summed E-state index contributed by atoms with van der Waals surface area (Å²) >= 11 is 0. The molecule has 1 saturated heterocycles. The van der Waals surface area contributed by atoms with Crippen molar-refractivity contribution in [2.75, 3.05) is 20.2 Å². The van der Waals surface area contributed by atoms with Gasteiger partial charge in [0.05, 0.1) is 5.69 Å². The number of aryl methyl sites for hydroxylation is 1. The number of carbonyl (C=O) groups is 1. The lowest BCUT2D eigenvalue weighted by molar-refractivity contribution is -0.142. The highest BCUT2D eigenvalue weighted by molar-refractivity contribution is 5.91. The lowest BCUT2D eigenvalue weighted by atomic mass is 9.92. The first-order valence-corrected chi connectivity index (χ1v) is 9.57. The number of carbonyl (C=O) groups excluding carboxylic acids is 1. The number of fused-ring (bicyclic) bond motifs is 1. The van der Waals surface area contributed by atoms with Gasteiger partial charge in [-0.3, -0.25) is 4.79 Å². The maximum Gasteiger partial charge on any atom is 0.433 e. The fourth-order valence-electron chi connectivity index (χ4n) is 3.77. The van der Waals surface area contributed by atoms with Gasteiger partial charge < -0.3 is 14.1 Å². The van der Waals surface area contributed by atoms with Gasteiger partial charge >= 0.3 is 6.18 Å². The molecule has 0 aromatic carbocycles. The largest absolute Gasteiger partial charge is 0.453 e. The van der Waals surface area contributed by atoms with E-state index < -0.39 is 11.9 Å². The van der Waals surface area contributed by atoms with E-state index in [-0.39, 0.29) is 29.8 Å². The van der Waals surface area contributed by atoms with Gasteiger partial charge in [0, 0.05) is 37.9 Å². The molecule has 0 unspecified atom stereocenters. The molecular formula is C20H21F3N4O3. The van der Waals surface area contributed by atoms with Crippen LogP contribution in [-0.2, 0) is 17.5 Å². The van der Waals surface area contributed by atoms with Crippen LogP contribution in [0.3, 0.4) is 0 Å². The lowest BCUT2D eigenvalue weighted by Crippen LogP contribution is -2.38. The van der Waals surface area contributed by atoms with Crippen molar-refractivity contribution < 1.29 is 27.1 Å². The molecule has 3 aromatic heterocycles. The topological polar surface area (TPSA) is 72.9 Å². The van der Waals surface area contributed by atoms with Crippen LogP contribution < -0.4 is 0 Å². The van der Waals surface area contributed by atoms with E-state index in [2.05, 4.69) is 10.1 Å². The number of piperidine rings is 1. The van der Waals surface area contributed by atoms with E-state index in [1.165, 1.54) is 13.2 Å². The number of rotatable bonds is 4. The molecular weight excluding hydrogens is 401 g/mol. The number of alkyl halides is 3. The normalized spacial score (nSPS) is 15.8. The number of halogens is 3. The summed E-state index contributed by atoms with van der Waals surface area (Å²) in [5, 5.41) is 3.91. The van der Waals surface area contributed by atoms with Crippen LogP contribution in [0, 0.1) is 6.92 Å². The zero-order valence-corrected chi connectivity index (χ0v) is 16.6. The summed E-state index contributed by atoms with van der Waals surface area (Å²) in [5.41, 5.74) is 0.187. The smallest absolute Gasteiger partial charge is 0.433 e. The van der Waals surface area contributed by atoms with Crippen molar-refractivity contribution in [3.63, 3.8) is 0 Å². The molecule has 0 aliphatic carbocycles. The molecule has 4 heterocycles. The predicted molar refractivity (Wildman–Crippen MR) is 100 cm³/mol. The van der Waals surface area contributed by atoms with Gasteiger partial charge in [0.25, 0.3) is 5.91 Å². The minimum atomic E-state index is -4.54. The minimum Gasteiger partial charge on any atom is -0.453 e. The van der Waals surface area contributed by atoms with Crippen LogP contribution >= 0.6 is 0 Å². The monoisotopic (exact) mass is 422 g/mol. The number of ether oxygens (including phenoxy) is 1. The minimum absolute atomic E-state index is 0.170. The molecule has 1 amide bonds. The molecule has 1 aliphatic heterocycles. The molecule has 0 saturated carbocycles. The van der Waals surface area contributed by atoms with Crippen molar-refractivity contribution in [2.24, 2.45) is 0 Å². The summed E-state index contributed by atoms with van der Waals surface area (Å²) in [7, 11) is 1.54. The standard InChI is InChI=1S/C20H21F3N4O3/c1-12-9-18-24-15(10-17(20(21,22)23)27(18)25-12)13-5-7-26(8-6-13)19(28)16-4-3-14(30-16)11-29-2/h3-4,9-10,13H,5-8,11H2,1-2H3. The Labute approximate surface area is 170 Å². The summed E-state index contributed by atoms with van der Waals surface area (Å²) < 4.78 is 51.9. The van der Waals surface area contributed by atoms with Gasteiger partial charge in [-0.15, -0.1) is 0 Å². The third-order valence-electron chi connectivity index (χ3n) is 5.22. The first-order chi connectivity index (χ1) is 14.3. The van der Waals surface area contributed by atoms with Gasteiger partial charge in [-0.05, 0) is 38.0 Å². The number of aromatic nitrogens is 3. The summed E-state index contributed by atoms with van der Waals surface area (Å²) in [6.45, 7) is 2.73. The van der Waals surface area contributed by atoms with Crippen molar-refractivity contribution in [1.29, 1.82) is 0 Å². The van der Waals surface area contributed by atoms with Gasteiger partial charge in [-0.2, -0.15) is 18.3 Å². The number of nitrogens with zero attached hydrogens (tertiary/aromatic N) is 4. The van der Waals surface area contributed by atoms with Crippen molar-refractivity contribution >= 4 is 11.6 Å². The summed E-state index contributed by atoms with van der Waals surface area (Å²) in [6.07, 6.45) is -3.50. The Kier molecular flexibility index (Phi) is 5.27. The molecule has 7 nitrogen and oxygen atoms in total. The summed E-state index contributed by atoms with van der Waals surface area (Å²) in [6, 6.07) is 5.90. The maximum absolute atomic E-state index is 13.5. The van der Waals surface area contributed by atoms with E-state index in [4.69, 9.17) is 9.15 Å². The Bertz CT molecular complexity index is 1070. The average Bonchev–Trinajstić information content (AvgIpc) is 3.32. The molecule has 4 rings (SSSR count). The van der Waals surface area contributed by atoms with Crippen molar-refractivity contribution in [3.05, 3.63) is 52.9 Å². The second-order valence-corrected chi connectivity index (χ2v) is 7.39. The summed E-state index contributed by atoms with van der Waals surface area (Å²) in [5.74, 6) is 0.385. The van der Waals surface area contributed by atoms with Crippen LogP contribution in [0.4, 0.5) is 13.2 Å². The Hall–Kier alpha value is -2.88. The van der Waals surface area contributed by atoms with Crippen LogP contribution in [0.1, 0.15) is 52.2 Å². The van der Waals surface area contributed by atoms with Gasteiger partial charge in [-0.25, -0.2) is 9.50 Å². The lowest BCUT2D eigenvalue weighted by Gasteiger charge is -2.31. The van der Waals surface area contributed by atoms with Crippen LogP contribution in [0.15, 0.2) is 28.7 Å². The average molecular weight is 422 g/mol. The quantitative estimate of drug-likeness (QED) is 0.639. The number of hydrogen-bond donors (Lipinski definition) is 0. The summed E-state index contributed by atoms with van der Waals surface area (Å²) in [4.78, 5) is 18.7. The highest BCUT2D eigenvalue weighted by atomic mass is 19.4. The van der Waals surface area contributed by atoms with E-state index >= 15 is 0 Å². The van der Waals surface area contributed by atoms with Gasteiger partial charge in [0.2, 0.25) is 0 Å². The molecule has 10 heteroatoms. The zero-order chi connectivity index (χ0) is 21.5. The zero-order valence-electron chi connectivity index (χ0n) is 16.6. The molecule has 3 aromatic rings. The highest BCUT2D eigenvalue weighted by Gasteiger charge is 2.36. The third kappa shape index (κ3) is 3.91. The Balaban J connectivity index is 1.51. The number of likely N-dealkylation sites (tertiary alicyclic amines) is 1. The maximum atomic E-state index is 13.5. The molecule has 0 atom stereocenters. The Morgan fingerprint density at radius 2 is 2.00 bits per heavy atom. The second kappa shape index (κ2) is 7.75.